The monoisotopic (exact) mass is 233 g/mol. The van der Waals surface area contributed by atoms with Crippen LogP contribution < -0.4 is 11.1 Å². The van der Waals surface area contributed by atoms with Gasteiger partial charge in [-0.2, -0.15) is 0 Å². The van der Waals surface area contributed by atoms with Crippen LogP contribution in [-0.2, 0) is 6.54 Å². The Kier molecular flexibility index (Phi) is 2.95. The molecule has 17 heavy (non-hydrogen) atoms. The zero-order valence-corrected chi connectivity index (χ0v) is 10.1. The minimum atomic E-state index is 0.444. The number of nitrogens with one attached hydrogen (secondary N) is 1. The van der Waals surface area contributed by atoms with Gasteiger partial charge < -0.3 is 15.5 Å². The topological polar surface area (TPSA) is 89.9 Å². The lowest BCUT2D eigenvalue weighted by Crippen LogP contribution is -2.05. The minimum absolute atomic E-state index is 0.444. The number of hydrogen-bond acceptors (Lipinski definition) is 6. The molecule has 0 atom stereocenters. The van der Waals surface area contributed by atoms with E-state index in [1.54, 1.807) is 13.0 Å². The maximum atomic E-state index is 5.63. The van der Waals surface area contributed by atoms with Crippen molar-refractivity contribution in [2.45, 2.75) is 27.3 Å². The van der Waals surface area contributed by atoms with Crippen LogP contribution >= 0.6 is 0 Å². The van der Waals surface area contributed by atoms with Gasteiger partial charge in [0, 0.05) is 6.07 Å². The van der Waals surface area contributed by atoms with Gasteiger partial charge in [-0.05, 0) is 20.8 Å². The van der Waals surface area contributed by atoms with E-state index in [9.17, 15) is 0 Å². The van der Waals surface area contributed by atoms with Gasteiger partial charge in [-0.15, -0.1) is 0 Å². The molecule has 2 aromatic heterocycles. The molecule has 0 aliphatic rings. The SMILES string of the molecule is Cc1nc(N)cc(NCc2nc(C)c(C)o2)n1. The van der Waals surface area contributed by atoms with Gasteiger partial charge in [0.2, 0.25) is 5.89 Å². The van der Waals surface area contributed by atoms with Crippen molar-refractivity contribution in [3.05, 3.63) is 29.2 Å². The Morgan fingerprint density at radius 3 is 2.59 bits per heavy atom. The van der Waals surface area contributed by atoms with E-state index in [0.717, 1.165) is 11.5 Å². The van der Waals surface area contributed by atoms with Crippen molar-refractivity contribution in [3.8, 4) is 0 Å². The molecule has 0 saturated heterocycles. The second-order valence-electron chi connectivity index (χ2n) is 3.83. The molecule has 0 spiro atoms. The van der Waals surface area contributed by atoms with E-state index >= 15 is 0 Å². The lowest BCUT2D eigenvalue weighted by molar-refractivity contribution is 0.478. The Morgan fingerprint density at radius 2 is 2.00 bits per heavy atom. The third-order valence-corrected chi connectivity index (χ3v) is 2.35. The zero-order valence-electron chi connectivity index (χ0n) is 10.1. The van der Waals surface area contributed by atoms with E-state index < -0.39 is 0 Å². The lowest BCUT2D eigenvalue weighted by atomic mass is 10.4. The van der Waals surface area contributed by atoms with Crippen molar-refractivity contribution in [3.63, 3.8) is 0 Å². The molecule has 0 aromatic carbocycles. The summed E-state index contributed by atoms with van der Waals surface area (Å²) < 4.78 is 5.45. The predicted molar refractivity (Wildman–Crippen MR) is 64.5 cm³/mol. The number of rotatable bonds is 3. The van der Waals surface area contributed by atoms with Gasteiger partial charge >= 0.3 is 0 Å². The largest absolute Gasteiger partial charge is 0.444 e. The summed E-state index contributed by atoms with van der Waals surface area (Å²) in [4.78, 5) is 12.5. The fourth-order valence-electron chi connectivity index (χ4n) is 1.46. The van der Waals surface area contributed by atoms with E-state index in [2.05, 4.69) is 20.3 Å². The van der Waals surface area contributed by atoms with Crippen LogP contribution in [0.3, 0.4) is 0 Å². The number of anilines is 2. The highest BCUT2D eigenvalue weighted by Gasteiger charge is 2.06. The molecule has 0 amide bonds. The molecule has 6 heteroatoms. The number of hydrogen-bond donors (Lipinski definition) is 2. The number of aryl methyl sites for hydroxylation is 3. The molecule has 0 aliphatic heterocycles. The average molecular weight is 233 g/mol. The Balaban J connectivity index is 2.07. The van der Waals surface area contributed by atoms with Crippen LogP contribution in [0.25, 0.3) is 0 Å². The summed E-state index contributed by atoms with van der Waals surface area (Å²) in [6.45, 7) is 6.07. The third-order valence-electron chi connectivity index (χ3n) is 2.35. The second kappa shape index (κ2) is 4.40. The Morgan fingerprint density at radius 1 is 1.24 bits per heavy atom. The first-order valence-electron chi connectivity index (χ1n) is 5.32. The molecular formula is C11H15N5O. The van der Waals surface area contributed by atoms with E-state index in [1.165, 1.54) is 0 Å². The predicted octanol–water partition coefficient (Wildman–Crippen LogP) is 1.58. The van der Waals surface area contributed by atoms with Crippen LogP contribution in [0.5, 0.6) is 0 Å². The molecule has 6 nitrogen and oxygen atoms in total. The first-order chi connectivity index (χ1) is 8.04. The molecule has 3 N–H and O–H groups in total. The summed E-state index contributed by atoms with van der Waals surface area (Å²) >= 11 is 0. The maximum absolute atomic E-state index is 5.63. The average Bonchev–Trinajstić information content (AvgIpc) is 2.54. The quantitative estimate of drug-likeness (QED) is 0.836. The normalized spacial score (nSPS) is 10.5. The molecule has 90 valence electrons. The Bertz CT molecular complexity index is 495. The summed E-state index contributed by atoms with van der Waals surface area (Å²) in [5, 5.41) is 3.10. The third kappa shape index (κ3) is 2.72. The Hall–Kier alpha value is -2.11. The molecule has 0 fully saturated rings. The van der Waals surface area contributed by atoms with Crippen LogP contribution in [0.1, 0.15) is 23.2 Å². The van der Waals surface area contributed by atoms with Gasteiger partial charge in [-0.25, -0.2) is 15.0 Å². The highest BCUT2D eigenvalue weighted by Crippen LogP contribution is 2.12. The van der Waals surface area contributed by atoms with Crippen molar-refractivity contribution < 1.29 is 4.42 Å². The highest BCUT2D eigenvalue weighted by atomic mass is 16.4. The Labute approximate surface area is 99.3 Å². The molecule has 2 heterocycles. The number of nitrogens with two attached hydrogens (primary N) is 1. The molecule has 2 rings (SSSR count). The fourth-order valence-corrected chi connectivity index (χ4v) is 1.46. The first-order valence-corrected chi connectivity index (χ1v) is 5.32. The van der Waals surface area contributed by atoms with Crippen molar-refractivity contribution >= 4 is 11.6 Å². The number of oxazole rings is 1. The van der Waals surface area contributed by atoms with E-state index in [1.807, 2.05) is 13.8 Å². The summed E-state index contributed by atoms with van der Waals surface area (Å²) in [6.07, 6.45) is 0. The smallest absolute Gasteiger partial charge is 0.213 e. The van der Waals surface area contributed by atoms with Gasteiger partial charge in [-0.3, -0.25) is 0 Å². The van der Waals surface area contributed by atoms with Crippen LogP contribution in [0.4, 0.5) is 11.6 Å². The zero-order chi connectivity index (χ0) is 12.4. The number of aromatic nitrogens is 3. The van der Waals surface area contributed by atoms with Gasteiger partial charge in [0.15, 0.2) is 0 Å². The number of nitrogens with zero attached hydrogens (tertiary/aromatic N) is 3. The molecule has 0 bridgehead atoms. The van der Waals surface area contributed by atoms with Crippen LogP contribution in [0.2, 0.25) is 0 Å². The summed E-state index contributed by atoms with van der Waals surface area (Å²) in [6, 6.07) is 1.68. The van der Waals surface area contributed by atoms with Gasteiger partial charge in [-0.1, -0.05) is 0 Å². The molecule has 0 aliphatic carbocycles. The first kappa shape index (κ1) is 11.4. The highest BCUT2D eigenvalue weighted by molar-refractivity contribution is 5.44. The number of nitrogen functional groups attached to an aromatic ring is 1. The fraction of sp³-hybridized carbons (Fsp3) is 0.364. The van der Waals surface area contributed by atoms with Crippen molar-refractivity contribution in [2.24, 2.45) is 0 Å². The molecular weight excluding hydrogens is 218 g/mol. The van der Waals surface area contributed by atoms with Gasteiger partial charge in [0.1, 0.15) is 23.2 Å². The van der Waals surface area contributed by atoms with Crippen LogP contribution in [0, 0.1) is 20.8 Å². The minimum Gasteiger partial charge on any atom is -0.444 e. The molecule has 0 saturated carbocycles. The van der Waals surface area contributed by atoms with Crippen LogP contribution in [0.15, 0.2) is 10.5 Å². The standard InChI is InChI=1S/C11H15N5O/c1-6-7(2)17-11(14-6)5-13-10-4-9(12)15-8(3)16-10/h4H,5H2,1-3H3,(H3,12,13,15,16). The van der Waals surface area contributed by atoms with E-state index in [0.29, 0.717) is 29.9 Å². The van der Waals surface area contributed by atoms with Gasteiger partial charge in [0.25, 0.3) is 0 Å². The molecule has 2 aromatic rings. The summed E-state index contributed by atoms with van der Waals surface area (Å²) in [5.74, 6) is 3.21. The van der Waals surface area contributed by atoms with Crippen molar-refractivity contribution in [1.29, 1.82) is 0 Å². The maximum Gasteiger partial charge on any atom is 0.213 e. The summed E-state index contributed by atoms with van der Waals surface area (Å²) in [5.41, 5.74) is 6.53. The van der Waals surface area contributed by atoms with Crippen molar-refractivity contribution in [1.82, 2.24) is 15.0 Å². The second-order valence-corrected chi connectivity index (χ2v) is 3.83. The van der Waals surface area contributed by atoms with Crippen LogP contribution in [-0.4, -0.2) is 15.0 Å². The summed E-state index contributed by atoms with van der Waals surface area (Å²) in [7, 11) is 0. The van der Waals surface area contributed by atoms with Crippen molar-refractivity contribution in [2.75, 3.05) is 11.1 Å². The molecule has 0 radical (unpaired) electrons. The van der Waals surface area contributed by atoms with E-state index in [4.69, 9.17) is 10.2 Å². The van der Waals surface area contributed by atoms with E-state index in [-0.39, 0.29) is 0 Å². The van der Waals surface area contributed by atoms with Gasteiger partial charge in [0.05, 0.1) is 12.2 Å². The molecule has 0 unspecified atom stereocenters. The lowest BCUT2D eigenvalue weighted by Gasteiger charge is -2.04.